The normalized spacial score (nSPS) is 20.1. The Kier molecular flexibility index (Phi) is 4.60. The highest BCUT2D eigenvalue weighted by Crippen LogP contribution is 2.30. The maximum atomic E-state index is 5.89. The van der Waals surface area contributed by atoms with Gasteiger partial charge in [0.2, 0.25) is 5.75 Å². The van der Waals surface area contributed by atoms with E-state index >= 15 is 0 Å². The highest BCUT2D eigenvalue weighted by Gasteiger charge is 2.21. The zero-order valence-electron chi connectivity index (χ0n) is 10.7. The summed E-state index contributed by atoms with van der Waals surface area (Å²) in [7, 11) is 3.68. The Balaban J connectivity index is 1.88. The van der Waals surface area contributed by atoms with Crippen molar-refractivity contribution in [3.8, 4) is 11.6 Å². The molecule has 18 heavy (non-hydrogen) atoms. The quantitative estimate of drug-likeness (QED) is 0.767. The van der Waals surface area contributed by atoms with Crippen LogP contribution in [0.1, 0.15) is 19.3 Å². The monoisotopic (exact) mass is 271 g/mol. The average molecular weight is 272 g/mol. The molecule has 0 aromatic carbocycles. The van der Waals surface area contributed by atoms with Crippen LogP contribution in [0.4, 0.5) is 0 Å². The van der Waals surface area contributed by atoms with Crippen molar-refractivity contribution in [3.05, 3.63) is 11.5 Å². The summed E-state index contributed by atoms with van der Waals surface area (Å²) < 4.78 is 10.8. The first kappa shape index (κ1) is 13.4. The number of hydrogen-bond acceptors (Lipinski definition) is 5. The fourth-order valence-corrected chi connectivity index (χ4v) is 2.45. The predicted octanol–water partition coefficient (Wildman–Crippen LogP) is 2.00. The van der Waals surface area contributed by atoms with Crippen LogP contribution in [-0.4, -0.2) is 48.2 Å². The van der Waals surface area contributed by atoms with E-state index < -0.39 is 0 Å². The number of halogens is 1. The van der Waals surface area contributed by atoms with Gasteiger partial charge in [-0.15, -0.1) is 0 Å². The third-order valence-electron chi connectivity index (χ3n) is 3.29. The van der Waals surface area contributed by atoms with E-state index in [4.69, 9.17) is 21.1 Å². The minimum absolute atomic E-state index is 0.278. The van der Waals surface area contributed by atoms with Gasteiger partial charge in [0.25, 0.3) is 5.88 Å². The first-order valence-corrected chi connectivity index (χ1v) is 6.47. The van der Waals surface area contributed by atoms with E-state index in [1.807, 2.05) is 0 Å². The van der Waals surface area contributed by atoms with Crippen molar-refractivity contribution in [2.45, 2.75) is 25.3 Å². The molecule has 6 heteroatoms. The highest BCUT2D eigenvalue weighted by atomic mass is 35.5. The Hall–Kier alpha value is -1.07. The van der Waals surface area contributed by atoms with Crippen LogP contribution in [0.3, 0.4) is 0 Å². The molecule has 1 unspecified atom stereocenters. The second-order valence-electron chi connectivity index (χ2n) is 4.42. The van der Waals surface area contributed by atoms with Crippen molar-refractivity contribution >= 4 is 11.6 Å². The number of ether oxygens (including phenoxy) is 2. The smallest absolute Gasteiger partial charge is 0.261 e. The van der Waals surface area contributed by atoms with Gasteiger partial charge >= 0.3 is 0 Å². The molecular weight excluding hydrogens is 254 g/mol. The zero-order chi connectivity index (χ0) is 13.0. The van der Waals surface area contributed by atoms with E-state index in [0.29, 0.717) is 24.3 Å². The van der Waals surface area contributed by atoms with Gasteiger partial charge in [-0.2, -0.15) is 4.98 Å². The number of aromatic nitrogens is 2. The van der Waals surface area contributed by atoms with E-state index in [2.05, 4.69) is 21.9 Å². The van der Waals surface area contributed by atoms with Gasteiger partial charge in [0.1, 0.15) is 6.33 Å². The molecule has 0 aliphatic carbocycles. The van der Waals surface area contributed by atoms with Gasteiger partial charge in [0.15, 0.2) is 5.15 Å². The second-order valence-corrected chi connectivity index (χ2v) is 4.77. The molecule has 1 saturated heterocycles. The summed E-state index contributed by atoms with van der Waals surface area (Å²) in [6, 6.07) is 0.605. The lowest BCUT2D eigenvalue weighted by Crippen LogP contribution is -2.26. The predicted molar refractivity (Wildman–Crippen MR) is 69.4 cm³/mol. The van der Waals surface area contributed by atoms with E-state index in [-0.39, 0.29) is 5.15 Å². The van der Waals surface area contributed by atoms with Crippen LogP contribution in [0.15, 0.2) is 6.33 Å². The molecule has 5 nitrogen and oxygen atoms in total. The fourth-order valence-electron chi connectivity index (χ4n) is 2.25. The first-order valence-electron chi connectivity index (χ1n) is 6.10. The maximum Gasteiger partial charge on any atom is 0.261 e. The molecule has 100 valence electrons. The SMILES string of the molecule is COc1c(Cl)ncnc1OCCC1CCCN1C. The third-order valence-corrected chi connectivity index (χ3v) is 3.56. The van der Waals surface area contributed by atoms with Crippen LogP contribution in [-0.2, 0) is 0 Å². The van der Waals surface area contributed by atoms with Gasteiger partial charge in [0, 0.05) is 6.04 Å². The van der Waals surface area contributed by atoms with Crippen molar-refractivity contribution in [2.75, 3.05) is 27.3 Å². The van der Waals surface area contributed by atoms with Crippen molar-refractivity contribution in [1.29, 1.82) is 0 Å². The highest BCUT2D eigenvalue weighted by molar-refractivity contribution is 6.31. The van der Waals surface area contributed by atoms with Crippen molar-refractivity contribution in [1.82, 2.24) is 14.9 Å². The van der Waals surface area contributed by atoms with Gasteiger partial charge in [-0.25, -0.2) is 4.98 Å². The number of likely N-dealkylation sites (tertiary alicyclic amines) is 1. The molecule has 1 aliphatic rings. The van der Waals surface area contributed by atoms with E-state index in [9.17, 15) is 0 Å². The minimum Gasteiger partial charge on any atom is -0.489 e. The van der Waals surface area contributed by atoms with Gasteiger partial charge in [0.05, 0.1) is 13.7 Å². The molecule has 1 aromatic heterocycles. The summed E-state index contributed by atoms with van der Waals surface area (Å²) in [6.45, 7) is 1.78. The van der Waals surface area contributed by atoms with Gasteiger partial charge < -0.3 is 14.4 Å². The summed E-state index contributed by atoms with van der Waals surface area (Å²) in [5.41, 5.74) is 0. The summed E-state index contributed by atoms with van der Waals surface area (Å²) in [5, 5.41) is 0.278. The molecule has 0 N–H and O–H groups in total. The van der Waals surface area contributed by atoms with Crippen LogP contribution in [0.25, 0.3) is 0 Å². The number of methoxy groups -OCH3 is 1. The van der Waals surface area contributed by atoms with Crippen LogP contribution >= 0.6 is 11.6 Å². The van der Waals surface area contributed by atoms with Gasteiger partial charge in [-0.1, -0.05) is 11.6 Å². The lowest BCUT2D eigenvalue weighted by atomic mass is 10.1. The number of nitrogens with zero attached hydrogens (tertiary/aromatic N) is 3. The largest absolute Gasteiger partial charge is 0.489 e. The van der Waals surface area contributed by atoms with E-state index in [1.165, 1.54) is 32.8 Å². The molecule has 1 aromatic rings. The van der Waals surface area contributed by atoms with Gasteiger partial charge in [-0.3, -0.25) is 0 Å². The van der Waals surface area contributed by atoms with Crippen LogP contribution < -0.4 is 9.47 Å². The molecular formula is C12H18ClN3O2. The van der Waals surface area contributed by atoms with E-state index in [1.54, 1.807) is 0 Å². The Morgan fingerprint density at radius 1 is 1.50 bits per heavy atom. The molecule has 1 fully saturated rings. The van der Waals surface area contributed by atoms with Crippen molar-refractivity contribution in [3.63, 3.8) is 0 Å². The zero-order valence-corrected chi connectivity index (χ0v) is 11.5. The molecule has 1 atom stereocenters. The molecule has 0 amide bonds. The molecule has 0 saturated carbocycles. The topological polar surface area (TPSA) is 47.5 Å². The van der Waals surface area contributed by atoms with Crippen LogP contribution in [0, 0.1) is 0 Å². The summed E-state index contributed by atoms with van der Waals surface area (Å²) in [4.78, 5) is 10.3. The van der Waals surface area contributed by atoms with Crippen molar-refractivity contribution in [2.24, 2.45) is 0 Å². The molecule has 2 heterocycles. The standard InChI is InChI=1S/C12H18ClN3O2/c1-16-6-3-4-9(16)5-7-18-12-10(17-2)11(13)14-8-15-12/h8-9H,3-7H2,1-2H3. The molecule has 0 radical (unpaired) electrons. The Morgan fingerprint density at radius 2 is 2.33 bits per heavy atom. The van der Waals surface area contributed by atoms with Crippen LogP contribution in [0.2, 0.25) is 5.15 Å². The molecule has 2 rings (SSSR count). The number of rotatable bonds is 5. The first-order chi connectivity index (χ1) is 8.72. The lowest BCUT2D eigenvalue weighted by molar-refractivity contribution is 0.221. The van der Waals surface area contributed by atoms with E-state index in [0.717, 1.165) is 6.42 Å². The fraction of sp³-hybridized carbons (Fsp3) is 0.667. The Morgan fingerprint density at radius 3 is 3.00 bits per heavy atom. The molecule has 1 aliphatic heterocycles. The second kappa shape index (κ2) is 6.20. The van der Waals surface area contributed by atoms with Crippen molar-refractivity contribution < 1.29 is 9.47 Å². The lowest BCUT2D eigenvalue weighted by Gasteiger charge is -2.19. The maximum absolute atomic E-state index is 5.89. The summed E-state index contributed by atoms with van der Waals surface area (Å²) in [5.74, 6) is 0.817. The molecule has 0 spiro atoms. The Labute approximate surface area is 112 Å². The van der Waals surface area contributed by atoms with Crippen LogP contribution in [0.5, 0.6) is 11.6 Å². The minimum atomic E-state index is 0.278. The molecule has 0 bridgehead atoms. The third kappa shape index (κ3) is 3.03. The van der Waals surface area contributed by atoms with Gasteiger partial charge in [-0.05, 0) is 32.9 Å². The summed E-state index contributed by atoms with van der Waals surface area (Å²) in [6.07, 6.45) is 4.87. The Bertz CT molecular complexity index is 403. The average Bonchev–Trinajstić information content (AvgIpc) is 2.75. The summed E-state index contributed by atoms with van der Waals surface area (Å²) >= 11 is 5.89. The number of hydrogen-bond donors (Lipinski definition) is 0.